The third-order valence-electron chi connectivity index (χ3n) is 2.94. The predicted molar refractivity (Wildman–Crippen MR) is 55.9 cm³/mol. The van der Waals surface area contributed by atoms with Crippen LogP contribution in [0, 0.1) is 5.92 Å². The van der Waals surface area contributed by atoms with Crippen LogP contribution in [0.15, 0.2) is 0 Å². The predicted octanol–water partition coefficient (Wildman–Crippen LogP) is 2.13. The second-order valence-corrected chi connectivity index (χ2v) is 3.68. The molecule has 14 heavy (non-hydrogen) atoms. The third kappa shape index (κ3) is 2.98. The highest BCUT2D eigenvalue weighted by Gasteiger charge is 2.38. The molecule has 0 amide bonds. The van der Waals surface area contributed by atoms with Crippen molar-refractivity contribution in [2.24, 2.45) is 5.92 Å². The fraction of sp³-hybridized carbons (Fsp3) is 0.909. The lowest BCUT2D eigenvalue weighted by atomic mass is 9.80. The average molecular weight is 202 g/mol. The first-order chi connectivity index (χ1) is 6.55. The summed E-state index contributed by atoms with van der Waals surface area (Å²) in [7, 11) is 1.37. The Morgan fingerprint density at radius 1 is 1.36 bits per heavy atom. The molecule has 0 bridgehead atoms. The van der Waals surface area contributed by atoms with Crippen molar-refractivity contribution in [2.75, 3.05) is 7.11 Å². The van der Waals surface area contributed by atoms with E-state index in [0.717, 1.165) is 6.42 Å². The summed E-state index contributed by atoms with van der Waals surface area (Å²) in [6, 6.07) is 0. The van der Waals surface area contributed by atoms with Crippen LogP contribution in [-0.4, -0.2) is 23.8 Å². The molecule has 0 aliphatic rings. The minimum atomic E-state index is -0.900. The van der Waals surface area contributed by atoms with Gasteiger partial charge >= 0.3 is 5.97 Å². The average Bonchev–Trinajstić information content (AvgIpc) is 2.23. The van der Waals surface area contributed by atoms with E-state index < -0.39 is 5.60 Å². The highest BCUT2D eigenvalue weighted by atomic mass is 16.5. The van der Waals surface area contributed by atoms with Gasteiger partial charge in [-0.2, -0.15) is 0 Å². The van der Waals surface area contributed by atoms with Gasteiger partial charge in [-0.3, -0.25) is 4.79 Å². The van der Waals surface area contributed by atoms with E-state index in [-0.39, 0.29) is 11.9 Å². The number of esters is 1. The van der Waals surface area contributed by atoms with Crippen molar-refractivity contribution < 1.29 is 14.6 Å². The molecule has 0 saturated carbocycles. The first-order valence-electron chi connectivity index (χ1n) is 5.35. The van der Waals surface area contributed by atoms with Crippen LogP contribution < -0.4 is 0 Å². The maximum atomic E-state index is 11.5. The van der Waals surface area contributed by atoms with Gasteiger partial charge in [0.1, 0.15) is 0 Å². The van der Waals surface area contributed by atoms with Crippen LogP contribution in [0.25, 0.3) is 0 Å². The molecule has 0 aromatic rings. The first-order valence-corrected chi connectivity index (χ1v) is 5.35. The van der Waals surface area contributed by atoms with E-state index in [1.165, 1.54) is 7.11 Å². The van der Waals surface area contributed by atoms with E-state index in [2.05, 4.69) is 0 Å². The van der Waals surface area contributed by atoms with E-state index in [4.69, 9.17) is 4.74 Å². The van der Waals surface area contributed by atoms with Crippen LogP contribution in [0.2, 0.25) is 0 Å². The van der Waals surface area contributed by atoms with Gasteiger partial charge in [0.05, 0.1) is 18.6 Å². The van der Waals surface area contributed by atoms with Gasteiger partial charge in [-0.05, 0) is 19.3 Å². The fourth-order valence-electron chi connectivity index (χ4n) is 1.78. The zero-order valence-corrected chi connectivity index (χ0v) is 9.67. The van der Waals surface area contributed by atoms with Gasteiger partial charge in [0, 0.05) is 0 Å². The minimum absolute atomic E-state index is 0.293. The molecule has 0 aliphatic carbocycles. The van der Waals surface area contributed by atoms with Gasteiger partial charge in [0.15, 0.2) is 0 Å². The molecule has 1 atom stereocenters. The van der Waals surface area contributed by atoms with Crippen LogP contribution in [-0.2, 0) is 9.53 Å². The van der Waals surface area contributed by atoms with Crippen LogP contribution in [0.4, 0.5) is 0 Å². The second-order valence-electron chi connectivity index (χ2n) is 3.68. The monoisotopic (exact) mass is 202 g/mol. The first kappa shape index (κ1) is 13.4. The number of carbonyl (C=O) groups is 1. The molecule has 0 aromatic carbocycles. The number of hydrogen-bond acceptors (Lipinski definition) is 3. The number of aliphatic hydroxyl groups is 1. The van der Waals surface area contributed by atoms with Crippen molar-refractivity contribution in [1.82, 2.24) is 0 Å². The molecule has 0 saturated heterocycles. The Bertz CT molecular complexity index is 173. The molecule has 0 aliphatic heterocycles. The van der Waals surface area contributed by atoms with Crippen molar-refractivity contribution in [1.29, 1.82) is 0 Å². The van der Waals surface area contributed by atoms with Crippen LogP contribution in [0.1, 0.15) is 46.5 Å². The minimum Gasteiger partial charge on any atom is -0.469 e. The molecule has 0 unspecified atom stereocenters. The molecule has 0 rings (SSSR count). The molecular formula is C11H22O3. The summed E-state index contributed by atoms with van der Waals surface area (Å²) in [6.45, 7) is 5.80. The van der Waals surface area contributed by atoms with Gasteiger partial charge in [-0.25, -0.2) is 0 Å². The largest absolute Gasteiger partial charge is 0.469 e. The molecule has 0 spiro atoms. The summed E-state index contributed by atoms with van der Waals surface area (Å²) in [5, 5.41) is 10.2. The van der Waals surface area contributed by atoms with Crippen LogP contribution in [0.5, 0.6) is 0 Å². The lowest BCUT2D eigenvalue weighted by Crippen LogP contribution is -2.41. The number of hydrogen-bond donors (Lipinski definition) is 1. The highest BCUT2D eigenvalue weighted by molar-refractivity contribution is 5.73. The maximum absolute atomic E-state index is 11.5. The Balaban J connectivity index is 4.68. The molecule has 0 radical (unpaired) electrons. The lowest BCUT2D eigenvalue weighted by Gasteiger charge is -2.32. The van der Waals surface area contributed by atoms with Crippen LogP contribution >= 0.6 is 0 Å². The van der Waals surface area contributed by atoms with Crippen molar-refractivity contribution in [3.63, 3.8) is 0 Å². The van der Waals surface area contributed by atoms with E-state index in [1.54, 1.807) is 0 Å². The van der Waals surface area contributed by atoms with E-state index >= 15 is 0 Å². The fourth-order valence-corrected chi connectivity index (χ4v) is 1.78. The Kier molecular flexibility index (Phi) is 5.77. The Labute approximate surface area is 86.5 Å². The van der Waals surface area contributed by atoms with Gasteiger partial charge in [0.2, 0.25) is 0 Å². The van der Waals surface area contributed by atoms with Gasteiger partial charge in [0.25, 0.3) is 0 Å². The molecule has 0 heterocycles. The number of carbonyl (C=O) groups excluding carboxylic acids is 1. The summed E-state index contributed by atoms with van der Waals surface area (Å²) in [6.07, 6.45) is 2.74. The van der Waals surface area contributed by atoms with Crippen molar-refractivity contribution in [3.8, 4) is 0 Å². The molecule has 3 nitrogen and oxygen atoms in total. The van der Waals surface area contributed by atoms with Crippen molar-refractivity contribution in [2.45, 2.75) is 52.1 Å². The summed E-state index contributed by atoms with van der Waals surface area (Å²) >= 11 is 0. The summed E-state index contributed by atoms with van der Waals surface area (Å²) in [5.41, 5.74) is -0.900. The van der Waals surface area contributed by atoms with E-state index in [1.807, 2.05) is 20.8 Å². The topological polar surface area (TPSA) is 46.5 Å². The lowest BCUT2D eigenvalue weighted by molar-refractivity contribution is -0.157. The van der Waals surface area contributed by atoms with Gasteiger partial charge in [-0.1, -0.05) is 27.2 Å². The zero-order chi connectivity index (χ0) is 11.2. The standard InChI is InChI=1S/C11H22O3/c1-5-8-9(10(12)14-4)11(13,6-2)7-3/h9,13H,5-8H2,1-4H3/t9-/m0/s1. The smallest absolute Gasteiger partial charge is 0.311 e. The van der Waals surface area contributed by atoms with E-state index in [9.17, 15) is 9.90 Å². The Morgan fingerprint density at radius 2 is 1.86 bits per heavy atom. The molecular weight excluding hydrogens is 180 g/mol. The van der Waals surface area contributed by atoms with Crippen molar-refractivity contribution >= 4 is 5.97 Å². The summed E-state index contributed by atoms with van der Waals surface area (Å²) in [4.78, 5) is 11.5. The molecule has 3 heteroatoms. The maximum Gasteiger partial charge on any atom is 0.311 e. The Morgan fingerprint density at radius 3 is 2.14 bits per heavy atom. The molecule has 0 fully saturated rings. The van der Waals surface area contributed by atoms with Crippen molar-refractivity contribution in [3.05, 3.63) is 0 Å². The van der Waals surface area contributed by atoms with Gasteiger partial charge in [-0.15, -0.1) is 0 Å². The normalized spacial score (nSPS) is 13.8. The quantitative estimate of drug-likeness (QED) is 0.671. The van der Waals surface area contributed by atoms with Gasteiger partial charge < -0.3 is 9.84 Å². The Hall–Kier alpha value is -0.570. The number of ether oxygens (including phenoxy) is 1. The SMILES string of the molecule is CCC[C@@H](C(=O)OC)C(O)(CC)CC. The number of methoxy groups -OCH3 is 1. The zero-order valence-electron chi connectivity index (χ0n) is 9.67. The second kappa shape index (κ2) is 6.02. The summed E-state index contributed by atoms with van der Waals surface area (Å²) in [5.74, 6) is -0.675. The van der Waals surface area contributed by atoms with Crippen LogP contribution in [0.3, 0.4) is 0 Å². The highest BCUT2D eigenvalue weighted by Crippen LogP contribution is 2.29. The number of rotatable bonds is 6. The molecule has 84 valence electrons. The molecule has 0 aromatic heterocycles. The summed E-state index contributed by atoms with van der Waals surface area (Å²) < 4.78 is 4.72. The third-order valence-corrected chi connectivity index (χ3v) is 2.94. The molecule has 1 N–H and O–H groups in total. The van der Waals surface area contributed by atoms with E-state index in [0.29, 0.717) is 19.3 Å².